The Hall–Kier alpha value is -2.12. The van der Waals surface area contributed by atoms with E-state index in [2.05, 4.69) is 38.2 Å². The molecule has 23 heavy (non-hydrogen) atoms. The Bertz CT molecular complexity index is 708. The van der Waals surface area contributed by atoms with Gasteiger partial charge in [0.2, 0.25) is 0 Å². The second-order valence-electron chi connectivity index (χ2n) is 5.99. The van der Waals surface area contributed by atoms with Crippen molar-refractivity contribution in [2.75, 3.05) is 31.6 Å². The summed E-state index contributed by atoms with van der Waals surface area (Å²) >= 11 is 0. The van der Waals surface area contributed by atoms with Crippen LogP contribution in [0, 0.1) is 0 Å². The number of nitrogens with zero attached hydrogens (tertiary/aromatic N) is 4. The minimum absolute atomic E-state index is 0.0548. The molecular weight excluding hydrogens is 294 g/mol. The van der Waals surface area contributed by atoms with E-state index in [0.717, 1.165) is 19.6 Å². The van der Waals surface area contributed by atoms with Gasteiger partial charge in [-0.25, -0.2) is 4.98 Å². The Balaban J connectivity index is 1.54. The Morgan fingerprint density at radius 2 is 2.26 bits per heavy atom. The maximum absolute atomic E-state index is 11.9. The number of hydrogen-bond donors (Lipinski definition) is 1. The molecular formula is C16H23N5O2. The fraction of sp³-hybridized carbons (Fsp3) is 0.500. The lowest BCUT2D eigenvalue weighted by Crippen LogP contribution is -2.45. The van der Waals surface area contributed by atoms with Gasteiger partial charge >= 0.3 is 0 Å². The van der Waals surface area contributed by atoms with Crippen LogP contribution in [0.1, 0.15) is 5.56 Å². The van der Waals surface area contributed by atoms with E-state index < -0.39 is 0 Å². The average Bonchev–Trinajstić information content (AvgIpc) is 2.94. The molecule has 2 aromatic heterocycles. The van der Waals surface area contributed by atoms with Crippen LogP contribution in [0.2, 0.25) is 0 Å². The van der Waals surface area contributed by atoms with Crippen molar-refractivity contribution in [3.8, 4) is 0 Å². The van der Waals surface area contributed by atoms with Gasteiger partial charge < -0.3 is 19.2 Å². The SMILES string of the molecule is Cn1ccc(CN2CCOC(CNc3nccn(C)c3=O)C2)c1. The zero-order valence-corrected chi connectivity index (χ0v) is 13.6. The molecule has 3 heterocycles. The Kier molecular flexibility index (Phi) is 4.78. The Morgan fingerprint density at radius 1 is 1.39 bits per heavy atom. The smallest absolute Gasteiger partial charge is 0.293 e. The average molecular weight is 317 g/mol. The highest BCUT2D eigenvalue weighted by Gasteiger charge is 2.21. The molecule has 3 rings (SSSR count). The third-order valence-electron chi connectivity index (χ3n) is 4.04. The molecule has 0 amide bonds. The van der Waals surface area contributed by atoms with E-state index in [4.69, 9.17) is 4.74 Å². The number of morpholine rings is 1. The first kappa shape index (κ1) is 15.8. The zero-order chi connectivity index (χ0) is 16.2. The van der Waals surface area contributed by atoms with Crippen LogP contribution in [0.25, 0.3) is 0 Å². The first-order valence-corrected chi connectivity index (χ1v) is 7.82. The van der Waals surface area contributed by atoms with Crippen LogP contribution in [-0.4, -0.2) is 51.4 Å². The second-order valence-corrected chi connectivity index (χ2v) is 5.99. The fourth-order valence-electron chi connectivity index (χ4n) is 2.79. The molecule has 1 fully saturated rings. The van der Waals surface area contributed by atoms with Crippen LogP contribution in [0.4, 0.5) is 5.82 Å². The highest BCUT2D eigenvalue weighted by Crippen LogP contribution is 2.11. The van der Waals surface area contributed by atoms with Crippen molar-refractivity contribution in [3.63, 3.8) is 0 Å². The Morgan fingerprint density at radius 3 is 3.04 bits per heavy atom. The van der Waals surface area contributed by atoms with Gasteiger partial charge in [0.15, 0.2) is 5.82 Å². The summed E-state index contributed by atoms with van der Waals surface area (Å²) in [6.45, 7) is 3.98. The van der Waals surface area contributed by atoms with Gasteiger partial charge in [-0.1, -0.05) is 0 Å². The monoisotopic (exact) mass is 317 g/mol. The lowest BCUT2D eigenvalue weighted by molar-refractivity contribution is -0.0240. The van der Waals surface area contributed by atoms with Gasteiger partial charge in [-0.15, -0.1) is 0 Å². The molecule has 0 radical (unpaired) electrons. The highest BCUT2D eigenvalue weighted by molar-refractivity contribution is 5.30. The number of nitrogens with one attached hydrogen (secondary N) is 1. The van der Waals surface area contributed by atoms with Crippen LogP contribution in [0.15, 0.2) is 35.6 Å². The van der Waals surface area contributed by atoms with Crippen molar-refractivity contribution < 1.29 is 4.74 Å². The Labute approximate surface area is 135 Å². The second kappa shape index (κ2) is 6.97. The lowest BCUT2D eigenvalue weighted by Gasteiger charge is -2.32. The van der Waals surface area contributed by atoms with Crippen molar-refractivity contribution in [2.45, 2.75) is 12.6 Å². The topological polar surface area (TPSA) is 64.3 Å². The lowest BCUT2D eigenvalue weighted by atomic mass is 10.2. The molecule has 1 unspecified atom stereocenters. The van der Waals surface area contributed by atoms with E-state index in [1.54, 1.807) is 19.4 Å². The molecule has 1 N–H and O–H groups in total. The number of ether oxygens (including phenoxy) is 1. The predicted molar refractivity (Wildman–Crippen MR) is 88.4 cm³/mol. The van der Waals surface area contributed by atoms with Gasteiger partial charge in [-0.05, 0) is 11.6 Å². The molecule has 0 spiro atoms. The summed E-state index contributed by atoms with van der Waals surface area (Å²) in [6, 6.07) is 2.14. The molecule has 7 heteroatoms. The predicted octanol–water partition coefficient (Wildman–Crippen LogP) is 0.432. The number of hydrogen-bond acceptors (Lipinski definition) is 5. The number of anilines is 1. The van der Waals surface area contributed by atoms with Crippen molar-refractivity contribution in [1.29, 1.82) is 0 Å². The highest BCUT2D eigenvalue weighted by atomic mass is 16.5. The van der Waals surface area contributed by atoms with Crippen LogP contribution in [0.3, 0.4) is 0 Å². The first-order chi connectivity index (χ1) is 11.1. The van der Waals surface area contributed by atoms with E-state index in [1.807, 2.05) is 7.05 Å². The molecule has 1 aliphatic rings. The van der Waals surface area contributed by atoms with E-state index in [1.165, 1.54) is 10.1 Å². The van der Waals surface area contributed by atoms with Gasteiger partial charge in [0.25, 0.3) is 5.56 Å². The molecule has 0 saturated carbocycles. The standard InChI is InChI=1S/C16H23N5O2/c1-19-5-3-13(10-19)11-21-7-8-23-14(12-21)9-18-15-16(22)20(2)6-4-17-15/h3-6,10,14H,7-9,11-12H2,1-2H3,(H,17,18). The molecule has 7 nitrogen and oxygen atoms in total. The van der Waals surface area contributed by atoms with Gasteiger partial charge in [-0.3, -0.25) is 9.69 Å². The quantitative estimate of drug-likeness (QED) is 0.866. The molecule has 1 atom stereocenters. The molecule has 0 aromatic carbocycles. The minimum atomic E-state index is -0.121. The van der Waals surface area contributed by atoms with Gasteiger partial charge in [0.05, 0.1) is 12.7 Å². The van der Waals surface area contributed by atoms with E-state index in [9.17, 15) is 4.79 Å². The molecule has 0 aliphatic carbocycles. The van der Waals surface area contributed by atoms with E-state index in [0.29, 0.717) is 19.0 Å². The van der Waals surface area contributed by atoms with Gasteiger partial charge in [0, 0.05) is 65.1 Å². The third-order valence-corrected chi connectivity index (χ3v) is 4.04. The van der Waals surface area contributed by atoms with Gasteiger partial charge in [0.1, 0.15) is 0 Å². The number of aromatic nitrogens is 3. The van der Waals surface area contributed by atoms with Crippen molar-refractivity contribution in [3.05, 3.63) is 46.8 Å². The summed E-state index contributed by atoms with van der Waals surface area (Å²) in [7, 11) is 3.75. The van der Waals surface area contributed by atoms with Gasteiger partial charge in [-0.2, -0.15) is 0 Å². The molecule has 2 aromatic rings. The van der Waals surface area contributed by atoms with Crippen LogP contribution in [0.5, 0.6) is 0 Å². The summed E-state index contributed by atoms with van der Waals surface area (Å²) in [6.07, 6.45) is 7.52. The minimum Gasteiger partial charge on any atom is -0.374 e. The van der Waals surface area contributed by atoms with Crippen LogP contribution in [-0.2, 0) is 25.4 Å². The maximum Gasteiger partial charge on any atom is 0.293 e. The largest absolute Gasteiger partial charge is 0.374 e. The van der Waals surface area contributed by atoms with Crippen LogP contribution >= 0.6 is 0 Å². The summed E-state index contributed by atoms with van der Waals surface area (Å²) in [4.78, 5) is 18.4. The molecule has 1 aliphatic heterocycles. The molecule has 0 bridgehead atoms. The summed E-state index contributed by atoms with van der Waals surface area (Å²) in [5, 5.41) is 3.11. The summed E-state index contributed by atoms with van der Waals surface area (Å²) in [5.74, 6) is 0.374. The van der Waals surface area contributed by atoms with Crippen molar-refractivity contribution in [1.82, 2.24) is 19.0 Å². The maximum atomic E-state index is 11.9. The zero-order valence-electron chi connectivity index (χ0n) is 13.6. The van der Waals surface area contributed by atoms with Crippen molar-refractivity contribution >= 4 is 5.82 Å². The summed E-state index contributed by atoms with van der Waals surface area (Å²) in [5.41, 5.74) is 1.18. The van der Waals surface area contributed by atoms with E-state index >= 15 is 0 Å². The first-order valence-electron chi connectivity index (χ1n) is 7.82. The number of rotatable bonds is 5. The summed E-state index contributed by atoms with van der Waals surface area (Å²) < 4.78 is 9.37. The molecule has 124 valence electrons. The molecule has 1 saturated heterocycles. The normalized spacial score (nSPS) is 19.0. The fourth-order valence-corrected chi connectivity index (χ4v) is 2.79. The van der Waals surface area contributed by atoms with Crippen molar-refractivity contribution in [2.24, 2.45) is 14.1 Å². The van der Waals surface area contributed by atoms with E-state index in [-0.39, 0.29) is 11.7 Å². The van der Waals surface area contributed by atoms with Crippen LogP contribution < -0.4 is 10.9 Å². The number of aryl methyl sites for hydroxylation is 2. The third kappa shape index (κ3) is 4.00.